The summed E-state index contributed by atoms with van der Waals surface area (Å²) in [5, 5.41) is 9.50. The number of amides is 1. The van der Waals surface area contributed by atoms with E-state index in [4.69, 9.17) is 0 Å². The third-order valence-corrected chi connectivity index (χ3v) is 4.26. The molecular formula is C13H26N2O2S. The van der Waals surface area contributed by atoms with E-state index in [9.17, 15) is 9.90 Å². The smallest absolute Gasteiger partial charge is 0.239 e. The molecule has 1 saturated heterocycles. The summed E-state index contributed by atoms with van der Waals surface area (Å²) in [6.45, 7) is 10.1. The molecule has 0 aliphatic carbocycles. The van der Waals surface area contributed by atoms with E-state index in [0.717, 1.165) is 24.6 Å². The van der Waals surface area contributed by atoms with Crippen LogP contribution < -0.4 is 0 Å². The molecule has 5 heteroatoms. The molecule has 0 unspecified atom stereocenters. The van der Waals surface area contributed by atoms with Crippen molar-refractivity contribution in [3.63, 3.8) is 0 Å². The average molecular weight is 274 g/mol. The maximum absolute atomic E-state index is 12.5. The van der Waals surface area contributed by atoms with Crippen molar-refractivity contribution in [2.75, 3.05) is 31.1 Å². The summed E-state index contributed by atoms with van der Waals surface area (Å²) in [6, 6.07) is 0.0563. The van der Waals surface area contributed by atoms with Crippen LogP contribution in [0.2, 0.25) is 0 Å². The fraction of sp³-hybridized carbons (Fsp3) is 0.923. The Morgan fingerprint density at radius 3 is 2.28 bits per heavy atom. The second-order valence-corrected chi connectivity index (χ2v) is 6.48. The summed E-state index contributed by atoms with van der Waals surface area (Å²) in [5.74, 6) is 2.35. The lowest BCUT2D eigenvalue weighted by Crippen LogP contribution is -2.52. The van der Waals surface area contributed by atoms with E-state index < -0.39 is 6.10 Å². The van der Waals surface area contributed by atoms with Gasteiger partial charge in [0.15, 0.2) is 0 Å². The lowest BCUT2D eigenvalue weighted by molar-refractivity contribution is -0.139. The Kier molecular flexibility index (Phi) is 6.46. The third kappa shape index (κ3) is 4.44. The van der Waals surface area contributed by atoms with Gasteiger partial charge in [0.2, 0.25) is 5.91 Å². The van der Waals surface area contributed by atoms with Crippen molar-refractivity contribution in [1.82, 2.24) is 9.80 Å². The Balaban J connectivity index is 2.63. The van der Waals surface area contributed by atoms with E-state index in [1.807, 2.05) is 32.5 Å². The number of carbonyl (C=O) groups excluding carboxylic acids is 1. The molecular weight excluding hydrogens is 248 g/mol. The molecule has 1 N–H and O–H groups in total. The van der Waals surface area contributed by atoms with Crippen molar-refractivity contribution in [3.05, 3.63) is 0 Å². The molecule has 2 atom stereocenters. The molecule has 0 bridgehead atoms. The van der Waals surface area contributed by atoms with Crippen molar-refractivity contribution in [2.45, 2.75) is 45.9 Å². The molecule has 1 fully saturated rings. The van der Waals surface area contributed by atoms with E-state index in [0.29, 0.717) is 6.54 Å². The number of aliphatic hydroxyl groups excluding tert-OH is 1. The Morgan fingerprint density at radius 1 is 1.28 bits per heavy atom. The van der Waals surface area contributed by atoms with Gasteiger partial charge < -0.3 is 10.0 Å². The first-order valence-electron chi connectivity index (χ1n) is 6.73. The zero-order valence-corrected chi connectivity index (χ0v) is 12.7. The summed E-state index contributed by atoms with van der Waals surface area (Å²) in [7, 11) is 0. The van der Waals surface area contributed by atoms with Crippen LogP contribution in [0.3, 0.4) is 0 Å². The standard InChI is InChI=1S/C13H26N2O2S/c1-10(2)15(9-11(3)16)13(17)12(4)14-5-7-18-8-6-14/h10-12,16H,5-9H2,1-4H3/t11-,12-/m0/s1. The molecule has 0 saturated carbocycles. The van der Waals surface area contributed by atoms with Gasteiger partial charge in [-0.05, 0) is 27.7 Å². The fourth-order valence-corrected chi connectivity index (χ4v) is 3.13. The highest BCUT2D eigenvalue weighted by Gasteiger charge is 2.28. The van der Waals surface area contributed by atoms with Crippen LogP contribution in [0, 0.1) is 0 Å². The quantitative estimate of drug-likeness (QED) is 0.813. The lowest BCUT2D eigenvalue weighted by atomic mass is 10.2. The van der Waals surface area contributed by atoms with Crippen molar-refractivity contribution in [1.29, 1.82) is 0 Å². The molecule has 0 radical (unpaired) electrons. The van der Waals surface area contributed by atoms with Crippen LogP contribution >= 0.6 is 11.8 Å². The van der Waals surface area contributed by atoms with Crippen LogP contribution in [0.15, 0.2) is 0 Å². The number of thioether (sulfide) groups is 1. The van der Waals surface area contributed by atoms with Gasteiger partial charge in [-0.2, -0.15) is 11.8 Å². The first kappa shape index (κ1) is 15.8. The minimum absolute atomic E-state index is 0.0768. The highest BCUT2D eigenvalue weighted by molar-refractivity contribution is 7.99. The van der Waals surface area contributed by atoms with Gasteiger partial charge in [-0.15, -0.1) is 0 Å². The molecule has 106 valence electrons. The largest absolute Gasteiger partial charge is 0.392 e. The van der Waals surface area contributed by atoms with Crippen LogP contribution in [0.5, 0.6) is 0 Å². The number of aliphatic hydroxyl groups is 1. The van der Waals surface area contributed by atoms with Gasteiger partial charge in [0.05, 0.1) is 12.1 Å². The monoisotopic (exact) mass is 274 g/mol. The second-order valence-electron chi connectivity index (χ2n) is 5.26. The van der Waals surface area contributed by atoms with E-state index in [1.165, 1.54) is 0 Å². The Bertz CT molecular complexity index is 266. The van der Waals surface area contributed by atoms with Crippen LogP contribution in [-0.4, -0.2) is 70.1 Å². The summed E-state index contributed by atoms with van der Waals surface area (Å²) in [4.78, 5) is 16.5. The van der Waals surface area contributed by atoms with Crippen molar-refractivity contribution >= 4 is 17.7 Å². The van der Waals surface area contributed by atoms with Gasteiger partial charge in [0.25, 0.3) is 0 Å². The van der Waals surface area contributed by atoms with Crippen molar-refractivity contribution < 1.29 is 9.90 Å². The number of rotatable bonds is 5. The van der Waals surface area contributed by atoms with Crippen molar-refractivity contribution in [2.24, 2.45) is 0 Å². The number of hydrogen-bond acceptors (Lipinski definition) is 4. The van der Waals surface area contributed by atoms with E-state index >= 15 is 0 Å². The van der Waals surface area contributed by atoms with Gasteiger partial charge in [-0.25, -0.2) is 0 Å². The molecule has 1 aliphatic heterocycles. The normalized spacial score (nSPS) is 20.8. The summed E-state index contributed by atoms with van der Waals surface area (Å²) in [5.41, 5.74) is 0. The van der Waals surface area contributed by atoms with E-state index in [1.54, 1.807) is 11.8 Å². The molecule has 1 aliphatic rings. The van der Waals surface area contributed by atoms with Gasteiger partial charge in [0, 0.05) is 37.2 Å². The predicted octanol–water partition coefficient (Wildman–Crippen LogP) is 1.04. The topological polar surface area (TPSA) is 43.8 Å². The molecule has 18 heavy (non-hydrogen) atoms. The Morgan fingerprint density at radius 2 is 1.83 bits per heavy atom. The van der Waals surface area contributed by atoms with Gasteiger partial charge in [-0.1, -0.05) is 0 Å². The number of hydrogen-bond donors (Lipinski definition) is 1. The van der Waals surface area contributed by atoms with E-state index in [2.05, 4.69) is 4.90 Å². The van der Waals surface area contributed by atoms with Crippen LogP contribution in [0.1, 0.15) is 27.7 Å². The zero-order valence-electron chi connectivity index (χ0n) is 11.9. The summed E-state index contributed by atoms with van der Waals surface area (Å²) < 4.78 is 0. The van der Waals surface area contributed by atoms with Crippen LogP contribution in [0.4, 0.5) is 0 Å². The molecule has 1 amide bonds. The molecule has 0 aromatic heterocycles. The molecule has 1 rings (SSSR count). The highest BCUT2D eigenvalue weighted by Crippen LogP contribution is 2.15. The highest BCUT2D eigenvalue weighted by atomic mass is 32.2. The predicted molar refractivity (Wildman–Crippen MR) is 76.9 cm³/mol. The minimum atomic E-state index is -0.472. The number of nitrogens with zero attached hydrogens (tertiary/aromatic N) is 2. The lowest BCUT2D eigenvalue weighted by Gasteiger charge is -2.36. The van der Waals surface area contributed by atoms with Gasteiger partial charge >= 0.3 is 0 Å². The van der Waals surface area contributed by atoms with Crippen LogP contribution in [0.25, 0.3) is 0 Å². The maximum atomic E-state index is 12.5. The van der Waals surface area contributed by atoms with Crippen LogP contribution in [-0.2, 0) is 4.79 Å². The molecule has 1 heterocycles. The number of carbonyl (C=O) groups is 1. The molecule has 0 spiro atoms. The molecule has 0 aromatic carbocycles. The summed E-state index contributed by atoms with van der Waals surface area (Å²) in [6.07, 6.45) is -0.472. The summed E-state index contributed by atoms with van der Waals surface area (Å²) >= 11 is 1.95. The fourth-order valence-electron chi connectivity index (χ4n) is 2.20. The van der Waals surface area contributed by atoms with E-state index in [-0.39, 0.29) is 18.0 Å². The Hall–Kier alpha value is -0.260. The second kappa shape index (κ2) is 7.36. The third-order valence-electron chi connectivity index (χ3n) is 3.32. The maximum Gasteiger partial charge on any atom is 0.239 e. The minimum Gasteiger partial charge on any atom is -0.392 e. The van der Waals surface area contributed by atoms with Gasteiger partial charge in [0.1, 0.15) is 0 Å². The van der Waals surface area contributed by atoms with Crippen molar-refractivity contribution in [3.8, 4) is 0 Å². The SMILES string of the molecule is CC(C)N(C[C@H](C)O)C(=O)[C@H](C)N1CCSCC1. The average Bonchev–Trinajstić information content (AvgIpc) is 2.34. The van der Waals surface area contributed by atoms with Gasteiger partial charge in [-0.3, -0.25) is 9.69 Å². The first-order valence-corrected chi connectivity index (χ1v) is 7.89. The molecule has 0 aromatic rings. The molecule has 4 nitrogen and oxygen atoms in total. The zero-order chi connectivity index (χ0) is 13.7. The Labute approximate surface area is 115 Å². The first-order chi connectivity index (χ1) is 8.43.